The fraction of sp³-hybridized carbons (Fsp3) is 0.333. The van der Waals surface area contributed by atoms with Crippen molar-refractivity contribution < 1.29 is 10.2 Å². The van der Waals surface area contributed by atoms with Crippen LogP contribution in [0, 0.1) is 0 Å². The summed E-state index contributed by atoms with van der Waals surface area (Å²) in [6.07, 6.45) is 11.0. The van der Waals surface area contributed by atoms with Crippen LogP contribution < -0.4 is 0 Å². The van der Waals surface area contributed by atoms with Crippen molar-refractivity contribution in [2.75, 3.05) is 6.61 Å². The van der Waals surface area contributed by atoms with Gasteiger partial charge in [0.15, 0.2) is 0 Å². The second-order valence-corrected chi connectivity index (χ2v) is 6.42. The van der Waals surface area contributed by atoms with Crippen LogP contribution in [0.2, 0.25) is 0 Å². The summed E-state index contributed by atoms with van der Waals surface area (Å²) in [6, 6.07) is 1.92. The first-order chi connectivity index (χ1) is 13.2. The van der Waals surface area contributed by atoms with E-state index in [0.29, 0.717) is 5.69 Å². The molecule has 2 N–H and O–H groups in total. The van der Waals surface area contributed by atoms with Gasteiger partial charge in [-0.3, -0.25) is 9.36 Å². The third-order valence-corrected chi connectivity index (χ3v) is 4.29. The van der Waals surface area contributed by atoms with Crippen LogP contribution in [0.1, 0.15) is 13.3 Å². The molecule has 0 saturated heterocycles. The molecule has 0 aliphatic rings. The van der Waals surface area contributed by atoms with E-state index in [2.05, 4.69) is 22.2 Å². The molecule has 4 heterocycles. The van der Waals surface area contributed by atoms with Gasteiger partial charge in [-0.05, 0) is 12.5 Å². The third kappa shape index (κ3) is 3.46. The molecule has 4 rings (SSSR count). The average molecular weight is 367 g/mol. The van der Waals surface area contributed by atoms with Crippen LogP contribution in [0.3, 0.4) is 0 Å². The van der Waals surface area contributed by atoms with Gasteiger partial charge in [0.25, 0.3) is 0 Å². The predicted octanol–water partition coefficient (Wildman–Crippen LogP) is 1.22. The van der Waals surface area contributed by atoms with Crippen LogP contribution in [-0.2, 0) is 13.1 Å². The maximum absolute atomic E-state index is 9.59. The van der Waals surface area contributed by atoms with Crippen molar-refractivity contribution in [2.24, 2.45) is 0 Å². The lowest BCUT2D eigenvalue weighted by Crippen LogP contribution is -2.19. The van der Waals surface area contributed by atoms with Gasteiger partial charge in [-0.15, -0.1) is 0 Å². The molecule has 140 valence electrons. The number of rotatable bonds is 7. The van der Waals surface area contributed by atoms with Crippen molar-refractivity contribution >= 4 is 5.52 Å². The van der Waals surface area contributed by atoms with Crippen LogP contribution in [-0.4, -0.2) is 57.1 Å². The lowest BCUT2D eigenvalue weighted by Gasteiger charge is -2.06. The Balaban J connectivity index is 1.74. The molecular weight excluding hydrogens is 346 g/mol. The Hall–Kier alpha value is -3.04. The number of hydrogen-bond donors (Lipinski definition) is 2. The van der Waals surface area contributed by atoms with E-state index < -0.39 is 6.10 Å². The van der Waals surface area contributed by atoms with E-state index in [0.717, 1.165) is 35.3 Å². The molecule has 1 unspecified atom stereocenters. The lowest BCUT2D eigenvalue weighted by molar-refractivity contribution is 0.0783. The fourth-order valence-electron chi connectivity index (χ4n) is 2.99. The predicted molar refractivity (Wildman–Crippen MR) is 98.8 cm³/mol. The Morgan fingerprint density at radius 1 is 1.04 bits per heavy atom. The van der Waals surface area contributed by atoms with E-state index in [-0.39, 0.29) is 13.2 Å². The maximum Gasteiger partial charge on any atom is 0.0999 e. The van der Waals surface area contributed by atoms with Crippen molar-refractivity contribution in [2.45, 2.75) is 32.5 Å². The number of nitrogens with zero attached hydrogens (tertiary/aromatic N) is 7. The Bertz CT molecular complexity index is 1050. The highest BCUT2D eigenvalue weighted by Crippen LogP contribution is 2.26. The van der Waals surface area contributed by atoms with Crippen molar-refractivity contribution in [3.05, 3.63) is 43.2 Å². The van der Waals surface area contributed by atoms with E-state index in [4.69, 9.17) is 10.1 Å². The minimum absolute atomic E-state index is 0.219. The number of fused-ring (bicyclic) bond motifs is 1. The summed E-state index contributed by atoms with van der Waals surface area (Å²) < 4.78 is 5.28. The Labute approximate surface area is 155 Å². The Morgan fingerprint density at radius 2 is 1.81 bits per heavy atom. The summed E-state index contributed by atoms with van der Waals surface area (Å²) in [5.41, 5.74) is 4.15. The lowest BCUT2D eigenvalue weighted by atomic mass is 10.2. The fourth-order valence-corrected chi connectivity index (χ4v) is 2.99. The average Bonchev–Trinajstić information content (AvgIpc) is 3.41. The van der Waals surface area contributed by atoms with Crippen LogP contribution in [0.15, 0.2) is 43.2 Å². The summed E-state index contributed by atoms with van der Waals surface area (Å²) >= 11 is 0. The molecule has 1 atom stereocenters. The quantitative estimate of drug-likeness (QED) is 0.509. The van der Waals surface area contributed by atoms with Crippen LogP contribution in [0.4, 0.5) is 0 Å². The highest BCUT2D eigenvalue weighted by Gasteiger charge is 2.14. The SMILES string of the molecule is CCCn1cc(-c2nc(-c3cnn(CC(O)CO)c3)cn3nccc23)cn1. The molecule has 0 amide bonds. The molecule has 0 aliphatic carbocycles. The van der Waals surface area contributed by atoms with Gasteiger partial charge >= 0.3 is 0 Å². The number of aliphatic hydroxyl groups excluding tert-OH is 2. The number of hydrogen-bond acceptors (Lipinski definition) is 6. The van der Waals surface area contributed by atoms with Gasteiger partial charge in [0.2, 0.25) is 0 Å². The maximum atomic E-state index is 9.59. The molecule has 0 radical (unpaired) electrons. The minimum atomic E-state index is -0.848. The molecule has 4 aromatic rings. The van der Waals surface area contributed by atoms with Crippen molar-refractivity contribution in [3.8, 4) is 22.5 Å². The van der Waals surface area contributed by atoms with Gasteiger partial charge in [0.1, 0.15) is 0 Å². The molecule has 0 spiro atoms. The van der Waals surface area contributed by atoms with E-state index >= 15 is 0 Å². The molecular formula is C18H21N7O2. The highest BCUT2D eigenvalue weighted by atomic mass is 16.3. The largest absolute Gasteiger partial charge is 0.394 e. The number of aliphatic hydroxyl groups is 2. The van der Waals surface area contributed by atoms with Crippen LogP contribution in [0.5, 0.6) is 0 Å². The van der Waals surface area contributed by atoms with Gasteiger partial charge in [-0.25, -0.2) is 9.50 Å². The molecule has 9 nitrogen and oxygen atoms in total. The van der Waals surface area contributed by atoms with Gasteiger partial charge in [0.05, 0.1) is 60.9 Å². The number of aromatic nitrogens is 7. The summed E-state index contributed by atoms with van der Waals surface area (Å²) in [5.74, 6) is 0. The van der Waals surface area contributed by atoms with E-state index in [9.17, 15) is 5.11 Å². The first kappa shape index (κ1) is 17.4. The van der Waals surface area contributed by atoms with Gasteiger partial charge in [-0.1, -0.05) is 6.92 Å². The standard InChI is InChI=1S/C18H21N7O2/c1-2-5-23-9-14(7-20-23)18-17-3-4-19-25(17)11-16(22-18)13-6-21-24(8-13)10-15(27)12-26/h3-4,6-9,11,15,26-27H,2,5,10,12H2,1H3. The Morgan fingerprint density at radius 3 is 2.63 bits per heavy atom. The van der Waals surface area contributed by atoms with Gasteiger partial charge < -0.3 is 10.2 Å². The monoisotopic (exact) mass is 367 g/mol. The second-order valence-electron chi connectivity index (χ2n) is 6.42. The molecule has 9 heteroatoms. The van der Waals surface area contributed by atoms with Crippen LogP contribution >= 0.6 is 0 Å². The smallest absolute Gasteiger partial charge is 0.0999 e. The zero-order valence-corrected chi connectivity index (χ0v) is 15.0. The summed E-state index contributed by atoms with van der Waals surface area (Å²) in [4.78, 5) is 4.82. The molecule has 4 aromatic heterocycles. The molecule has 0 bridgehead atoms. The number of aryl methyl sites for hydroxylation is 1. The third-order valence-electron chi connectivity index (χ3n) is 4.29. The molecule has 27 heavy (non-hydrogen) atoms. The normalized spacial score (nSPS) is 12.7. The molecule has 0 saturated carbocycles. The first-order valence-corrected chi connectivity index (χ1v) is 8.87. The Kier molecular flexibility index (Phi) is 4.69. The van der Waals surface area contributed by atoms with Crippen molar-refractivity contribution in [1.29, 1.82) is 0 Å². The zero-order chi connectivity index (χ0) is 18.8. The summed E-state index contributed by atoms with van der Waals surface area (Å²) in [7, 11) is 0. The first-order valence-electron chi connectivity index (χ1n) is 8.87. The topological polar surface area (TPSA) is 106 Å². The van der Waals surface area contributed by atoms with Crippen LogP contribution in [0.25, 0.3) is 28.0 Å². The second kappa shape index (κ2) is 7.29. The zero-order valence-electron chi connectivity index (χ0n) is 15.0. The van der Waals surface area contributed by atoms with Gasteiger partial charge in [0, 0.05) is 30.1 Å². The van der Waals surface area contributed by atoms with E-state index in [1.807, 2.05) is 29.3 Å². The summed E-state index contributed by atoms with van der Waals surface area (Å²) in [5, 5.41) is 31.6. The molecule has 0 aromatic carbocycles. The minimum Gasteiger partial charge on any atom is -0.394 e. The van der Waals surface area contributed by atoms with E-state index in [1.165, 1.54) is 0 Å². The molecule has 0 aliphatic heterocycles. The highest BCUT2D eigenvalue weighted by molar-refractivity contribution is 5.78. The van der Waals surface area contributed by atoms with Crippen molar-refractivity contribution in [1.82, 2.24) is 34.2 Å². The molecule has 0 fully saturated rings. The van der Waals surface area contributed by atoms with Crippen molar-refractivity contribution in [3.63, 3.8) is 0 Å². The van der Waals surface area contributed by atoms with E-state index in [1.54, 1.807) is 27.8 Å². The van der Waals surface area contributed by atoms with Gasteiger partial charge in [-0.2, -0.15) is 15.3 Å². The summed E-state index contributed by atoms with van der Waals surface area (Å²) in [6.45, 7) is 2.88.